The van der Waals surface area contributed by atoms with Crippen LogP contribution in [0.5, 0.6) is 0 Å². The quantitative estimate of drug-likeness (QED) is 0.0262. The van der Waals surface area contributed by atoms with Crippen molar-refractivity contribution >= 4 is 17.9 Å². The van der Waals surface area contributed by atoms with E-state index < -0.39 is 6.10 Å². The molecule has 0 aromatic carbocycles. The van der Waals surface area contributed by atoms with E-state index >= 15 is 0 Å². The van der Waals surface area contributed by atoms with Crippen LogP contribution in [0.2, 0.25) is 0 Å². The van der Waals surface area contributed by atoms with Crippen LogP contribution in [-0.2, 0) is 28.6 Å². The van der Waals surface area contributed by atoms with Gasteiger partial charge in [0.1, 0.15) is 13.2 Å². The van der Waals surface area contributed by atoms with E-state index in [4.69, 9.17) is 14.2 Å². The third-order valence-electron chi connectivity index (χ3n) is 14.0. The lowest BCUT2D eigenvalue weighted by Crippen LogP contribution is -2.30. The summed E-state index contributed by atoms with van der Waals surface area (Å²) >= 11 is 0. The Morgan fingerprint density at radius 2 is 0.485 bits per heavy atom. The summed E-state index contributed by atoms with van der Waals surface area (Å²) in [5, 5.41) is 0. The van der Waals surface area contributed by atoms with Gasteiger partial charge in [-0.25, -0.2) is 0 Å². The van der Waals surface area contributed by atoms with Gasteiger partial charge in [0.25, 0.3) is 0 Å². The molecule has 1 atom stereocenters. The molecule has 402 valence electrons. The highest BCUT2D eigenvalue weighted by Gasteiger charge is 2.19. The molecule has 6 heteroatoms. The van der Waals surface area contributed by atoms with Gasteiger partial charge in [0.2, 0.25) is 0 Å². The van der Waals surface area contributed by atoms with Crippen LogP contribution >= 0.6 is 0 Å². The number of unbranched alkanes of at least 4 members (excludes halogenated alkanes) is 44. The monoisotopic (exact) mass is 959 g/mol. The van der Waals surface area contributed by atoms with Crippen LogP contribution in [0.1, 0.15) is 348 Å². The summed E-state index contributed by atoms with van der Waals surface area (Å²) in [5.41, 5.74) is 0. The van der Waals surface area contributed by atoms with Crippen molar-refractivity contribution in [1.29, 1.82) is 0 Å². The Hall–Kier alpha value is -1.85. The molecule has 0 amide bonds. The van der Waals surface area contributed by atoms with Crippen LogP contribution in [0, 0.1) is 0 Å². The number of ether oxygens (including phenoxy) is 3. The summed E-state index contributed by atoms with van der Waals surface area (Å²) in [6.07, 6.45) is 66.4. The van der Waals surface area contributed by atoms with E-state index in [0.29, 0.717) is 19.3 Å². The molecule has 0 heterocycles. The van der Waals surface area contributed by atoms with Gasteiger partial charge in [-0.1, -0.05) is 296 Å². The Bertz CT molecular complexity index is 1060. The smallest absolute Gasteiger partial charge is 0.306 e. The maximum Gasteiger partial charge on any atom is 0.306 e. The first-order valence-electron chi connectivity index (χ1n) is 30.7. The van der Waals surface area contributed by atoms with E-state index in [1.807, 2.05) is 0 Å². The summed E-state index contributed by atoms with van der Waals surface area (Å²) < 4.78 is 16.9. The summed E-state index contributed by atoms with van der Waals surface area (Å²) in [6.45, 7) is 6.70. The fourth-order valence-corrected chi connectivity index (χ4v) is 9.38. The van der Waals surface area contributed by atoms with Gasteiger partial charge < -0.3 is 14.2 Å². The van der Waals surface area contributed by atoms with Gasteiger partial charge >= 0.3 is 17.9 Å². The molecule has 0 fully saturated rings. The zero-order chi connectivity index (χ0) is 49.3. The van der Waals surface area contributed by atoms with Crippen molar-refractivity contribution in [2.24, 2.45) is 0 Å². The molecule has 0 saturated carbocycles. The molecule has 0 aromatic heterocycles. The number of esters is 3. The molecule has 0 N–H and O–H groups in total. The molecule has 0 spiro atoms. The maximum atomic E-state index is 12.9. The molecule has 0 saturated heterocycles. The third-order valence-corrected chi connectivity index (χ3v) is 14.0. The predicted octanol–water partition coefficient (Wildman–Crippen LogP) is 20.5. The average Bonchev–Trinajstić information content (AvgIpc) is 3.34. The molecule has 0 bridgehead atoms. The van der Waals surface area contributed by atoms with E-state index in [1.54, 1.807) is 0 Å². The van der Waals surface area contributed by atoms with Crippen LogP contribution in [0.3, 0.4) is 0 Å². The van der Waals surface area contributed by atoms with E-state index in [1.165, 1.54) is 244 Å². The first-order valence-corrected chi connectivity index (χ1v) is 30.7. The van der Waals surface area contributed by atoms with Crippen LogP contribution in [0.15, 0.2) is 12.2 Å². The zero-order valence-corrected chi connectivity index (χ0v) is 46.2. The minimum absolute atomic E-state index is 0.0671. The highest BCUT2D eigenvalue weighted by Crippen LogP contribution is 2.18. The van der Waals surface area contributed by atoms with E-state index in [0.717, 1.165) is 64.2 Å². The number of allylic oxidation sites excluding steroid dienone is 2. The van der Waals surface area contributed by atoms with Gasteiger partial charge in [0.05, 0.1) is 0 Å². The molecule has 0 rings (SSSR count). The lowest BCUT2D eigenvalue weighted by atomic mass is 10.0. The lowest BCUT2D eigenvalue weighted by molar-refractivity contribution is -0.167. The van der Waals surface area contributed by atoms with Gasteiger partial charge in [0.15, 0.2) is 6.10 Å². The first-order chi connectivity index (χ1) is 33.5. The summed E-state index contributed by atoms with van der Waals surface area (Å²) in [4.78, 5) is 38.2. The number of carbonyl (C=O) groups excluding carboxylic acids is 3. The Labute approximate surface area is 424 Å². The van der Waals surface area contributed by atoms with Gasteiger partial charge in [-0.2, -0.15) is 0 Å². The van der Waals surface area contributed by atoms with Crippen molar-refractivity contribution in [1.82, 2.24) is 0 Å². The Kier molecular flexibility index (Phi) is 56.2. The number of rotatable bonds is 57. The fraction of sp³-hybridized carbons (Fsp3) is 0.919. The molecule has 0 aliphatic carbocycles. The molecular weight excluding hydrogens is 841 g/mol. The topological polar surface area (TPSA) is 78.9 Å². The van der Waals surface area contributed by atoms with Crippen molar-refractivity contribution < 1.29 is 28.6 Å². The van der Waals surface area contributed by atoms with Crippen LogP contribution in [-0.4, -0.2) is 37.2 Å². The normalized spacial score (nSPS) is 12.0. The van der Waals surface area contributed by atoms with E-state index in [2.05, 4.69) is 32.9 Å². The number of hydrogen-bond acceptors (Lipinski definition) is 6. The van der Waals surface area contributed by atoms with Crippen LogP contribution in [0.4, 0.5) is 0 Å². The summed E-state index contributed by atoms with van der Waals surface area (Å²) in [6, 6.07) is 0. The van der Waals surface area contributed by atoms with Gasteiger partial charge in [-0.3, -0.25) is 14.4 Å². The minimum Gasteiger partial charge on any atom is -0.462 e. The molecule has 6 nitrogen and oxygen atoms in total. The highest BCUT2D eigenvalue weighted by atomic mass is 16.6. The lowest BCUT2D eigenvalue weighted by Gasteiger charge is -2.18. The Balaban J connectivity index is 4.27. The van der Waals surface area contributed by atoms with E-state index in [9.17, 15) is 14.4 Å². The second-order valence-electron chi connectivity index (χ2n) is 21.0. The highest BCUT2D eigenvalue weighted by molar-refractivity contribution is 5.71. The van der Waals surface area contributed by atoms with E-state index in [-0.39, 0.29) is 31.1 Å². The fourth-order valence-electron chi connectivity index (χ4n) is 9.38. The van der Waals surface area contributed by atoms with Crippen LogP contribution in [0.25, 0.3) is 0 Å². The molecule has 68 heavy (non-hydrogen) atoms. The van der Waals surface area contributed by atoms with Crippen molar-refractivity contribution in [2.45, 2.75) is 354 Å². The van der Waals surface area contributed by atoms with Gasteiger partial charge in [-0.15, -0.1) is 0 Å². The average molecular weight is 960 g/mol. The number of hydrogen-bond donors (Lipinski definition) is 0. The minimum atomic E-state index is -0.769. The first kappa shape index (κ1) is 66.2. The Morgan fingerprint density at radius 1 is 0.279 bits per heavy atom. The van der Waals surface area contributed by atoms with Crippen molar-refractivity contribution in [2.75, 3.05) is 13.2 Å². The molecular formula is C62H118O6. The molecule has 0 aliphatic heterocycles. The molecule has 0 aromatic rings. The van der Waals surface area contributed by atoms with Crippen molar-refractivity contribution in [3.8, 4) is 0 Å². The SMILES string of the molecule is CCCCCCCCC/C=C\CCCCCCCC(=O)OC(COC(=O)CCCCCCCCCCCCCCC)COC(=O)CCCCCCCCCCCCCCCCCCCCCCC. The summed E-state index contributed by atoms with van der Waals surface area (Å²) in [5.74, 6) is -0.848. The second-order valence-corrected chi connectivity index (χ2v) is 21.0. The van der Waals surface area contributed by atoms with Gasteiger partial charge in [0, 0.05) is 19.3 Å². The standard InChI is InChI=1S/C62H118O6/c1-4-7-10-13-16-19-22-25-27-29-30-31-32-33-35-37-40-43-46-49-52-55-61(64)67-58-59(57-66-60(63)54-51-48-45-42-39-36-24-21-18-15-12-9-6-3)68-62(65)56-53-50-47-44-41-38-34-28-26-23-20-17-14-11-8-5-2/h28,34,59H,4-27,29-33,35-58H2,1-3H3/b34-28-. The Morgan fingerprint density at radius 3 is 0.735 bits per heavy atom. The molecule has 0 aliphatic rings. The molecule has 1 unspecified atom stereocenters. The third kappa shape index (κ3) is 55.1. The number of carbonyl (C=O) groups is 3. The van der Waals surface area contributed by atoms with Crippen LogP contribution < -0.4 is 0 Å². The molecule has 0 radical (unpaired) electrons. The predicted molar refractivity (Wildman–Crippen MR) is 293 cm³/mol. The maximum absolute atomic E-state index is 12.9. The van der Waals surface area contributed by atoms with Crippen molar-refractivity contribution in [3.05, 3.63) is 12.2 Å². The largest absolute Gasteiger partial charge is 0.462 e. The zero-order valence-electron chi connectivity index (χ0n) is 46.2. The van der Waals surface area contributed by atoms with Crippen molar-refractivity contribution in [3.63, 3.8) is 0 Å². The second kappa shape index (κ2) is 57.7. The summed E-state index contributed by atoms with van der Waals surface area (Å²) in [7, 11) is 0. The van der Waals surface area contributed by atoms with Gasteiger partial charge in [-0.05, 0) is 44.9 Å².